The number of aromatic nitrogens is 5. The van der Waals surface area contributed by atoms with Crippen LogP contribution in [0.15, 0.2) is 30.7 Å². The molecule has 0 saturated heterocycles. The van der Waals surface area contributed by atoms with Crippen LogP contribution in [0.5, 0.6) is 0 Å². The summed E-state index contributed by atoms with van der Waals surface area (Å²) >= 11 is 0. The van der Waals surface area contributed by atoms with Gasteiger partial charge in [-0.3, -0.25) is 14.8 Å². The standard InChI is InChI=1S/C32H43F4N7O2/c1-19(2)43-26(8-11-37-43)30(45)41-29(22-6-9-31(33,34)10-7-22)25-18-42-27(39-25)14-23(17-38-42)24(12-20-4-3-5-20)40-28(44)13-21-15-32(35,36)16-21/h8,11,14,17-22,24,28-29,40,44H,3-7,9-10,12-13,15-16H2,1-2H3,(H,41,45)/t24?,28?,29-/m0/s1. The molecule has 13 heteroatoms. The highest BCUT2D eigenvalue weighted by molar-refractivity contribution is 5.92. The van der Waals surface area contributed by atoms with E-state index in [-0.39, 0.29) is 74.8 Å². The largest absolute Gasteiger partial charge is 0.379 e. The summed E-state index contributed by atoms with van der Waals surface area (Å²) < 4.78 is 58.2. The maximum atomic E-state index is 14.1. The first kappa shape index (κ1) is 31.9. The minimum absolute atomic E-state index is 0.0416. The Balaban J connectivity index is 1.24. The Hall–Kier alpha value is -3.06. The third kappa shape index (κ3) is 7.34. The van der Waals surface area contributed by atoms with Crippen molar-refractivity contribution in [2.45, 2.75) is 121 Å². The third-order valence-electron chi connectivity index (χ3n) is 9.91. The molecule has 3 heterocycles. The number of halogens is 4. The molecule has 0 aliphatic heterocycles. The monoisotopic (exact) mass is 633 g/mol. The number of fused-ring (bicyclic) bond motifs is 1. The highest BCUT2D eigenvalue weighted by Crippen LogP contribution is 2.45. The number of carbonyl (C=O) groups excluding carboxylic acids is 1. The molecule has 1 amide bonds. The predicted molar refractivity (Wildman–Crippen MR) is 159 cm³/mol. The zero-order chi connectivity index (χ0) is 31.9. The molecule has 246 valence electrons. The molecule has 3 aliphatic rings. The number of alkyl halides is 4. The highest BCUT2D eigenvalue weighted by Gasteiger charge is 2.46. The van der Waals surface area contributed by atoms with Crippen molar-refractivity contribution in [3.05, 3.63) is 47.7 Å². The number of rotatable bonds is 12. The van der Waals surface area contributed by atoms with E-state index < -0.39 is 24.1 Å². The van der Waals surface area contributed by atoms with Gasteiger partial charge >= 0.3 is 0 Å². The van der Waals surface area contributed by atoms with Crippen molar-refractivity contribution in [2.24, 2.45) is 17.8 Å². The van der Waals surface area contributed by atoms with E-state index >= 15 is 0 Å². The van der Waals surface area contributed by atoms with Gasteiger partial charge < -0.3 is 10.4 Å². The third-order valence-corrected chi connectivity index (χ3v) is 9.91. The Morgan fingerprint density at radius 1 is 1.04 bits per heavy atom. The first-order valence-corrected chi connectivity index (χ1v) is 16.3. The highest BCUT2D eigenvalue weighted by atomic mass is 19.3. The molecule has 9 nitrogen and oxygen atoms in total. The van der Waals surface area contributed by atoms with Gasteiger partial charge in [-0.15, -0.1) is 0 Å². The van der Waals surface area contributed by atoms with Crippen LogP contribution in [0.4, 0.5) is 17.6 Å². The average Bonchev–Trinajstić information content (AvgIpc) is 3.59. The maximum absolute atomic E-state index is 14.1. The Kier molecular flexibility index (Phi) is 8.95. The van der Waals surface area contributed by atoms with Gasteiger partial charge in [-0.25, -0.2) is 27.1 Å². The summed E-state index contributed by atoms with van der Waals surface area (Å²) in [6.45, 7) is 3.85. The molecule has 2 unspecified atom stereocenters. The van der Waals surface area contributed by atoms with Gasteiger partial charge in [-0.1, -0.05) is 19.3 Å². The normalized spacial score (nSPS) is 22.6. The number of aliphatic hydroxyl groups excluding tert-OH is 1. The minimum atomic E-state index is -2.72. The molecule has 0 bridgehead atoms. The van der Waals surface area contributed by atoms with Crippen LogP contribution in [-0.4, -0.2) is 53.5 Å². The molecule has 6 rings (SSSR count). The van der Waals surface area contributed by atoms with Crippen molar-refractivity contribution in [1.82, 2.24) is 35.0 Å². The van der Waals surface area contributed by atoms with E-state index in [1.54, 1.807) is 33.9 Å². The van der Waals surface area contributed by atoms with Crippen molar-refractivity contribution < 1.29 is 27.5 Å². The van der Waals surface area contributed by atoms with Gasteiger partial charge in [0.05, 0.1) is 24.1 Å². The number of nitrogens with zero attached hydrogens (tertiary/aromatic N) is 5. The van der Waals surface area contributed by atoms with Crippen molar-refractivity contribution in [3.63, 3.8) is 0 Å². The van der Waals surface area contributed by atoms with Gasteiger partial charge in [0.2, 0.25) is 11.8 Å². The summed E-state index contributed by atoms with van der Waals surface area (Å²) in [5.41, 5.74) is 2.27. The Morgan fingerprint density at radius 2 is 1.78 bits per heavy atom. The molecule has 0 spiro atoms. The molecule has 3 aromatic heterocycles. The van der Waals surface area contributed by atoms with Crippen LogP contribution in [0, 0.1) is 17.8 Å². The first-order valence-electron chi connectivity index (χ1n) is 16.3. The Labute approximate surface area is 260 Å². The number of carbonyl (C=O) groups is 1. The number of hydrogen-bond donors (Lipinski definition) is 3. The lowest BCUT2D eigenvalue weighted by molar-refractivity contribution is -0.121. The second kappa shape index (κ2) is 12.6. The van der Waals surface area contributed by atoms with Crippen LogP contribution in [0.25, 0.3) is 5.65 Å². The second-order valence-electron chi connectivity index (χ2n) is 13.8. The number of hydrogen-bond acceptors (Lipinski definition) is 6. The smallest absolute Gasteiger partial charge is 0.270 e. The van der Waals surface area contributed by atoms with Gasteiger partial charge in [-0.2, -0.15) is 10.2 Å². The lowest BCUT2D eigenvalue weighted by Crippen LogP contribution is -2.42. The number of imidazole rings is 1. The second-order valence-corrected chi connectivity index (χ2v) is 13.8. The SMILES string of the molecule is CC(C)n1nccc1C(=O)N[C@H](c1cn2ncc(C(CC3CCC3)NC(O)CC3CC(F)(F)C3)cc2n1)C1CCC(F)(F)CC1. The average molecular weight is 634 g/mol. The molecule has 0 radical (unpaired) electrons. The van der Waals surface area contributed by atoms with E-state index in [9.17, 15) is 27.5 Å². The van der Waals surface area contributed by atoms with E-state index in [1.165, 1.54) is 0 Å². The van der Waals surface area contributed by atoms with E-state index in [1.807, 2.05) is 19.9 Å². The molecule has 3 fully saturated rings. The van der Waals surface area contributed by atoms with Gasteiger partial charge in [0, 0.05) is 44.0 Å². The lowest BCUT2D eigenvalue weighted by Gasteiger charge is -2.37. The van der Waals surface area contributed by atoms with Gasteiger partial charge in [0.25, 0.3) is 5.91 Å². The minimum Gasteiger partial charge on any atom is -0.379 e. The quantitative estimate of drug-likeness (QED) is 0.158. The summed E-state index contributed by atoms with van der Waals surface area (Å²) in [4.78, 5) is 18.3. The van der Waals surface area contributed by atoms with Crippen molar-refractivity contribution in [3.8, 4) is 0 Å². The van der Waals surface area contributed by atoms with Crippen LogP contribution >= 0.6 is 0 Å². The fraction of sp³-hybridized carbons (Fsp3) is 0.688. The number of nitrogens with one attached hydrogen (secondary N) is 2. The fourth-order valence-electron chi connectivity index (χ4n) is 7.13. The van der Waals surface area contributed by atoms with Gasteiger partial charge in [0.15, 0.2) is 5.65 Å². The summed E-state index contributed by atoms with van der Waals surface area (Å²) in [7, 11) is 0. The van der Waals surface area contributed by atoms with Gasteiger partial charge in [0.1, 0.15) is 11.9 Å². The van der Waals surface area contributed by atoms with Crippen molar-refractivity contribution in [2.75, 3.05) is 0 Å². The molecule has 45 heavy (non-hydrogen) atoms. The van der Waals surface area contributed by atoms with E-state index in [2.05, 4.69) is 20.8 Å². The Morgan fingerprint density at radius 3 is 2.42 bits per heavy atom. The zero-order valence-electron chi connectivity index (χ0n) is 25.8. The van der Waals surface area contributed by atoms with Crippen LogP contribution in [-0.2, 0) is 0 Å². The van der Waals surface area contributed by atoms with Crippen molar-refractivity contribution >= 4 is 11.6 Å². The first-order chi connectivity index (χ1) is 21.4. The molecular weight excluding hydrogens is 590 g/mol. The topological polar surface area (TPSA) is 109 Å². The summed E-state index contributed by atoms with van der Waals surface area (Å²) in [6.07, 6.45) is 8.09. The predicted octanol–water partition coefficient (Wildman–Crippen LogP) is 6.38. The summed E-state index contributed by atoms with van der Waals surface area (Å²) in [5, 5.41) is 26.0. The zero-order valence-corrected chi connectivity index (χ0v) is 25.8. The number of aliphatic hydroxyl groups is 1. The lowest BCUT2D eigenvalue weighted by atomic mass is 9.78. The molecule has 0 aromatic carbocycles. The molecular formula is C32H43F4N7O2. The summed E-state index contributed by atoms with van der Waals surface area (Å²) in [5.74, 6) is -5.66. The molecule has 3 saturated carbocycles. The maximum Gasteiger partial charge on any atom is 0.270 e. The van der Waals surface area contributed by atoms with Crippen LogP contribution in [0.1, 0.15) is 124 Å². The Bertz CT molecular complexity index is 1470. The van der Waals surface area contributed by atoms with E-state index in [4.69, 9.17) is 4.98 Å². The molecule has 3 aliphatic carbocycles. The fourth-order valence-corrected chi connectivity index (χ4v) is 7.13. The van der Waals surface area contributed by atoms with Crippen molar-refractivity contribution in [1.29, 1.82) is 0 Å². The molecule has 3 atom stereocenters. The van der Waals surface area contributed by atoms with Crippen LogP contribution in [0.2, 0.25) is 0 Å². The number of amides is 1. The van der Waals surface area contributed by atoms with Gasteiger partial charge in [-0.05, 0) is 75.0 Å². The summed E-state index contributed by atoms with van der Waals surface area (Å²) in [6, 6.07) is 2.63. The van der Waals surface area contributed by atoms with Crippen LogP contribution in [0.3, 0.4) is 0 Å². The molecule has 3 aromatic rings. The molecule has 3 N–H and O–H groups in total. The van der Waals surface area contributed by atoms with E-state index in [0.29, 0.717) is 23.0 Å². The van der Waals surface area contributed by atoms with E-state index in [0.717, 1.165) is 31.2 Å². The van der Waals surface area contributed by atoms with Crippen LogP contribution < -0.4 is 10.6 Å².